The molecule has 0 aliphatic carbocycles. The first-order valence-corrected chi connectivity index (χ1v) is 13.4. The molecule has 1 aromatic rings. The van der Waals surface area contributed by atoms with E-state index in [2.05, 4.69) is 10.3 Å². The molecule has 3 rings (SSSR count). The van der Waals surface area contributed by atoms with E-state index in [4.69, 9.17) is 24.3 Å². The second-order valence-electron chi connectivity index (χ2n) is 9.32. The third-order valence-corrected chi connectivity index (χ3v) is 7.32. The highest BCUT2D eigenvalue weighted by molar-refractivity contribution is 7.47. The van der Waals surface area contributed by atoms with Crippen LogP contribution in [0.4, 0.5) is 5.82 Å². The minimum atomic E-state index is -5.52. The Hall–Kier alpha value is -2.59. The summed E-state index contributed by atoms with van der Waals surface area (Å²) in [6, 6.07) is -0.362. The molecule has 11 N–H and O–H groups in total. The molecule has 21 heteroatoms. The van der Waals surface area contributed by atoms with Crippen LogP contribution in [0.5, 0.6) is 0 Å². The first-order chi connectivity index (χ1) is 19.0. The van der Waals surface area contributed by atoms with Gasteiger partial charge in [-0.3, -0.25) is 13.9 Å². The van der Waals surface area contributed by atoms with Gasteiger partial charge in [0, 0.05) is 19.5 Å². The lowest BCUT2D eigenvalue weighted by Gasteiger charge is -2.46. The lowest BCUT2D eigenvalue weighted by Crippen LogP contribution is -2.67. The number of aliphatic hydroxyl groups excluding tert-OH is 6. The van der Waals surface area contributed by atoms with Crippen molar-refractivity contribution in [1.29, 1.82) is 0 Å². The summed E-state index contributed by atoms with van der Waals surface area (Å²) in [5, 5.41) is 72.7. The van der Waals surface area contributed by atoms with E-state index in [-0.39, 0.29) is 5.82 Å². The predicted molar refractivity (Wildman–Crippen MR) is 128 cm³/mol. The molecular weight excluding hydrogens is 583 g/mol. The fourth-order valence-electron chi connectivity index (χ4n) is 4.32. The summed E-state index contributed by atoms with van der Waals surface area (Å²) in [5.41, 5.74) is 4.46. The van der Waals surface area contributed by atoms with Gasteiger partial charge in [-0.1, -0.05) is 0 Å². The van der Waals surface area contributed by atoms with Crippen molar-refractivity contribution in [1.82, 2.24) is 14.9 Å². The molecule has 2 aliphatic heterocycles. The average molecular weight is 614 g/mol. The van der Waals surface area contributed by atoms with E-state index in [0.717, 1.165) is 17.7 Å². The first kappa shape index (κ1) is 32.9. The number of hydrogen-bond donors (Lipinski definition) is 10. The van der Waals surface area contributed by atoms with Crippen LogP contribution in [-0.2, 0) is 32.7 Å². The minimum Gasteiger partial charge on any atom is -0.477 e. The van der Waals surface area contributed by atoms with Crippen LogP contribution in [0.1, 0.15) is 19.6 Å². The van der Waals surface area contributed by atoms with E-state index in [0.29, 0.717) is 0 Å². The Morgan fingerprint density at radius 1 is 1.32 bits per heavy atom. The van der Waals surface area contributed by atoms with E-state index in [9.17, 15) is 59.6 Å². The molecule has 20 nitrogen and oxygen atoms in total. The lowest BCUT2D eigenvalue weighted by molar-refractivity contribution is -0.289. The van der Waals surface area contributed by atoms with E-state index < -0.39 is 106 Å². The molecule has 0 aromatic carbocycles. The zero-order valence-electron chi connectivity index (χ0n) is 21.2. The molecule has 2 aliphatic rings. The number of aromatic nitrogens is 2. The number of amides is 1. The van der Waals surface area contributed by atoms with Gasteiger partial charge < -0.3 is 61.2 Å². The monoisotopic (exact) mass is 614 g/mol. The third-order valence-electron chi connectivity index (χ3n) is 6.31. The molecule has 4 unspecified atom stereocenters. The number of nitrogens with one attached hydrogen (secondary N) is 1. The van der Waals surface area contributed by atoms with Crippen LogP contribution >= 0.6 is 7.82 Å². The molecule has 0 saturated carbocycles. The molecule has 232 valence electrons. The van der Waals surface area contributed by atoms with Crippen LogP contribution in [0.3, 0.4) is 0 Å². The van der Waals surface area contributed by atoms with E-state index >= 15 is 0 Å². The average Bonchev–Trinajstić information content (AvgIpc) is 3.16. The van der Waals surface area contributed by atoms with Crippen LogP contribution in [0.15, 0.2) is 17.1 Å². The quantitative estimate of drug-likeness (QED) is 0.104. The Balaban J connectivity index is 1.79. The summed E-state index contributed by atoms with van der Waals surface area (Å²) in [4.78, 5) is 49.6. The lowest BCUT2D eigenvalue weighted by atomic mass is 9.88. The standard InChI is InChI=1S/C20H31N4O16P/c1-7(26)22-12-8(27)4-20(18(32)33,39-16(12)13(29)9(28)5-25)40-41(35,36)37-6-10-14(30)15(31)17(38-10)24-3-2-11(21)23-19(24)34/h2-3,8-10,12-17,25,27-31H,4-6H2,1H3,(H,22,26)(H,32,33)(H,35,36)(H2,21,23,34)/t8-,9-,10-,12-,13-,14?,15+,16?,17-,20?/m1/s1. The first-order valence-electron chi connectivity index (χ1n) is 11.9. The van der Waals surface area contributed by atoms with E-state index in [1.165, 1.54) is 6.07 Å². The molecule has 11 atom stereocenters. The zero-order chi connectivity index (χ0) is 30.9. The number of nitrogens with zero attached hydrogens (tertiary/aromatic N) is 2. The topological polar surface area (TPSA) is 323 Å². The number of carbonyl (C=O) groups excluding carboxylic acids is 1. The van der Waals surface area contributed by atoms with Crippen molar-refractivity contribution in [2.24, 2.45) is 0 Å². The number of ether oxygens (including phenoxy) is 2. The normalized spacial score (nSPS) is 34.9. The summed E-state index contributed by atoms with van der Waals surface area (Å²) in [5.74, 6) is -6.20. The summed E-state index contributed by atoms with van der Waals surface area (Å²) in [6.45, 7) is -1.05. The van der Waals surface area contributed by atoms with Crippen molar-refractivity contribution in [3.8, 4) is 0 Å². The highest BCUT2D eigenvalue weighted by Crippen LogP contribution is 2.51. The molecular formula is C20H31N4O16P. The zero-order valence-corrected chi connectivity index (χ0v) is 22.1. The second-order valence-corrected chi connectivity index (χ2v) is 10.7. The fraction of sp³-hybridized carbons (Fsp3) is 0.700. The summed E-state index contributed by atoms with van der Waals surface area (Å²) in [6.07, 6.45) is -14.6. The number of carbonyl (C=O) groups is 2. The van der Waals surface area contributed by atoms with Crippen LogP contribution < -0.4 is 16.7 Å². The van der Waals surface area contributed by atoms with Crippen LogP contribution in [-0.4, -0.2) is 130 Å². The van der Waals surface area contributed by atoms with Gasteiger partial charge in [0.2, 0.25) is 5.91 Å². The molecule has 2 fully saturated rings. The Bertz CT molecular complexity index is 1220. The highest BCUT2D eigenvalue weighted by Gasteiger charge is 2.59. The number of anilines is 1. The number of phosphoric ester groups is 1. The number of carboxylic acids is 1. The number of hydrogen-bond acceptors (Lipinski definition) is 16. The summed E-state index contributed by atoms with van der Waals surface area (Å²) < 4.78 is 33.7. The molecule has 0 spiro atoms. The van der Waals surface area contributed by atoms with Gasteiger partial charge in [0.15, 0.2) is 6.23 Å². The highest BCUT2D eigenvalue weighted by atomic mass is 31.2. The Labute approximate surface area is 230 Å². The maximum atomic E-state index is 12.8. The van der Waals surface area contributed by atoms with Crippen LogP contribution in [0, 0.1) is 0 Å². The molecule has 3 heterocycles. The maximum Gasteiger partial charge on any atom is 0.475 e. The number of aliphatic hydroxyl groups is 6. The van der Waals surface area contributed by atoms with Gasteiger partial charge in [-0.15, -0.1) is 0 Å². The predicted octanol–water partition coefficient (Wildman–Crippen LogP) is -5.27. The molecule has 0 bridgehead atoms. The molecule has 2 saturated heterocycles. The van der Waals surface area contributed by atoms with E-state index in [1.54, 1.807) is 0 Å². The molecule has 1 aromatic heterocycles. The van der Waals surface area contributed by atoms with Gasteiger partial charge in [0.05, 0.1) is 25.4 Å². The maximum absolute atomic E-state index is 12.8. The Kier molecular flexibility index (Phi) is 10.2. The van der Waals surface area contributed by atoms with Crippen molar-refractivity contribution in [2.45, 2.75) is 74.1 Å². The van der Waals surface area contributed by atoms with Crippen LogP contribution in [0.25, 0.3) is 0 Å². The Morgan fingerprint density at radius 2 is 1.98 bits per heavy atom. The van der Waals surface area contributed by atoms with Gasteiger partial charge in [-0.05, 0) is 6.07 Å². The van der Waals surface area contributed by atoms with Gasteiger partial charge in [0.1, 0.15) is 42.4 Å². The van der Waals surface area contributed by atoms with Crippen molar-refractivity contribution in [3.63, 3.8) is 0 Å². The van der Waals surface area contributed by atoms with Gasteiger partial charge in [-0.25, -0.2) is 18.7 Å². The van der Waals surface area contributed by atoms with Crippen molar-refractivity contribution in [3.05, 3.63) is 22.7 Å². The summed E-state index contributed by atoms with van der Waals surface area (Å²) >= 11 is 0. The van der Waals surface area contributed by atoms with Crippen LogP contribution in [0.2, 0.25) is 0 Å². The summed E-state index contributed by atoms with van der Waals surface area (Å²) in [7, 11) is -5.52. The van der Waals surface area contributed by atoms with E-state index in [1.807, 2.05) is 0 Å². The van der Waals surface area contributed by atoms with Crippen molar-refractivity contribution < 1.29 is 73.3 Å². The second kappa shape index (κ2) is 12.7. The number of phosphoric acid groups is 1. The minimum absolute atomic E-state index is 0.135. The van der Waals surface area contributed by atoms with Crippen molar-refractivity contribution >= 4 is 25.5 Å². The number of aliphatic carboxylic acids is 1. The van der Waals surface area contributed by atoms with Gasteiger partial charge >= 0.3 is 19.5 Å². The number of rotatable bonds is 11. The SMILES string of the molecule is CC(=O)N[C@H]1C([C@H](O)[C@H](O)CO)OC(OP(=O)(O)OC[C@H]2O[C@@H](n3ccc(N)nc3=O)[C@@H](O)C2O)(C(=O)O)C[C@H]1O. The number of carboxylic acid groups (broad SMARTS) is 1. The number of nitrogen functional groups attached to an aromatic ring is 1. The smallest absolute Gasteiger partial charge is 0.475 e. The van der Waals surface area contributed by atoms with Crippen molar-refractivity contribution in [2.75, 3.05) is 18.9 Å². The third kappa shape index (κ3) is 7.25. The Morgan fingerprint density at radius 3 is 2.54 bits per heavy atom. The molecule has 1 amide bonds. The molecule has 41 heavy (non-hydrogen) atoms. The van der Waals surface area contributed by atoms with Gasteiger partial charge in [0.25, 0.3) is 5.79 Å². The number of nitrogens with two attached hydrogens (primary N) is 1. The fourth-order valence-corrected chi connectivity index (χ4v) is 5.27. The molecule has 0 radical (unpaired) electrons. The van der Waals surface area contributed by atoms with Gasteiger partial charge in [-0.2, -0.15) is 4.98 Å². The largest absolute Gasteiger partial charge is 0.477 e.